The summed E-state index contributed by atoms with van der Waals surface area (Å²) in [5.41, 5.74) is 7.38. The summed E-state index contributed by atoms with van der Waals surface area (Å²) in [6.07, 6.45) is 0. The molecule has 0 aliphatic rings. The van der Waals surface area contributed by atoms with Gasteiger partial charge in [0.15, 0.2) is 0 Å². The van der Waals surface area contributed by atoms with E-state index in [4.69, 9.17) is 9.52 Å². The fourth-order valence-corrected chi connectivity index (χ4v) is 4.70. The maximum Gasteiger partial charge on any atom is 0.316 e. The number of para-hydroxylation sites is 2. The third-order valence-corrected chi connectivity index (χ3v) is 6.91. The minimum Gasteiger partial charge on any atom is -0.480 e. The van der Waals surface area contributed by atoms with Gasteiger partial charge in [-0.05, 0) is 41.3 Å². The van der Waals surface area contributed by atoms with Gasteiger partial charge in [0, 0.05) is 22.1 Å². The van der Waals surface area contributed by atoms with Gasteiger partial charge in [0.25, 0.3) is 0 Å². The zero-order valence-electron chi connectivity index (χ0n) is 17.6. The van der Waals surface area contributed by atoms with E-state index in [1.165, 1.54) is 11.8 Å². The molecule has 5 aromatic rings. The van der Waals surface area contributed by atoms with Crippen molar-refractivity contribution >= 4 is 39.7 Å². The molecule has 0 spiro atoms. The summed E-state index contributed by atoms with van der Waals surface area (Å²) >= 11 is 1.43. The zero-order chi connectivity index (χ0) is 22.1. The van der Waals surface area contributed by atoms with Crippen LogP contribution in [-0.4, -0.2) is 16.3 Å². The normalized spacial score (nSPS) is 12.3. The number of hydrogen-bond acceptors (Lipinski definition) is 3. The molecule has 5 rings (SSSR count). The van der Waals surface area contributed by atoms with Crippen molar-refractivity contribution in [3.05, 3.63) is 96.6 Å². The molecule has 4 aromatic carbocycles. The Morgan fingerprint density at radius 1 is 0.844 bits per heavy atom. The Morgan fingerprint density at radius 3 is 2.38 bits per heavy atom. The zero-order valence-corrected chi connectivity index (χ0v) is 18.4. The Kier molecular flexibility index (Phi) is 5.46. The molecule has 1 aromatic heterocycles. The summed E-state index contributed by atoms with van der Waals surface area (Å²) in [6, 6.07) is 31.3. The molecule has 4 heteroatoms. The van der Waals surface area contributed by atoms with Gasteiger partial charge in [0.05, 0.1) is 5.25 Å². The molecule has 3 nitrogen and oxygen atoms in total. The summed E-state index contributed by atoms with van der Waals surface area (Å²) in [4.78, 5) is 11.0. The monoisotopic (exact) mass is 438 g/mol. The molecule has 0 aliphatic carbocycles. The number of rotatable bonds is 6. The van der Waals surface area contributed by atoms with Crippen LogP contribution in [0.15, 0.2) is 95.4 Å². The molecule has 32 heavy (non-hydrogen) atoms. The third-order valence-electron chi connectivity index (χ3n) is 5.71. The van der Waals surface area contributed by atoms with Gasteiger partial charge >= 0.3 is 5.97 Å². The number of thioether (sulfide) groups is 1. The predicted molar refractivity (Wildman–Crippen MR) is 133 cm³/mol. The molecular formula is C28H22O3S. The summed E-state index contributed by atoms with van der Waals surface area (Å²) in [5.74, 6) is -0.0927. The van der Waals surface area contributed by atoms with E-state index in [2.05, 4.69) is 72.8 Å². The van der Waals surface area contributed by atoms with E-state index in [9.17, 15) is 4.79 Å². The summed E-state index contributed by atoms with van der Waals surface area (Å²) in [5, 5.41) is 10.9. The molecule has 0 radical (unpaired) electrons. The van der Waals surface area contributed by atoms with Crippen LogP contribution in [0.25, 0.3) is 44.2 Å². The first kappa shape index (κ1) is 20.4. The Balaban J connectivity index is 1.46. The second kappa shape index (κ2) is 8.56. The van der Waals surface area contributed by atoms with Gasteiger partial charge in [-0.1, -0.05) is 78.9 Å². The smallest absolute Gasteiger partial charge is 0.316 e. The predicted octanol–water partition coefficient (Wildman–Crippen LogP) is 7.63. The van der Waals surface area contributed by atoms with E-state index in [-0.39, 0.29) is 0 Å². The third kappa shape index (κ3) is 3.90. The van der Waals surface area contributed by atoms with Crippen LogP contribution < -0.4 is 0 Å². The Bertz CT molecular complexity index is 1420. The molecule has 0 fully saturated rings. The van der Waals surface area contributed by atoms with Crippen molar-refractivity contribution in [2.24, 2.45) is 0 Å². The molecular weight excluding hydrogens is 416 g/mol. The first-order valence-corrected chi connectivity index (χ1v) is 11.6. The van der Waals surface area contributed by atoms with Crippen LogP contribution in [0.3, 0.4) is 0 Å². The van der Waals surface area contributed by atoms with Crippen LogP contribution in [0.1, 0.15) is 12.5 Å². The largest absolute Gasteiger partial charge is 0.480 e. The minimum absolute atomic E-state index is 0.410. The fraction of sp³-hybridized carbons (Fsp3) is 0.107. The number of carboxylic acids is 1. The van der Waals surface area contributed by atoms with E-state index < -0.39 is 11.2 Å². The maximum absolute atomic E-state index is 11.0. The van der Waals surface area contributed by atoms with Crippen LogP contribution in [-0.2, 0) is 10.5 Å². The van der Waals surface area contributed by atoms with Gasteiger partial charge in [-0.15, -0.1) is 11.8 Å². The Hall–Kier alpha value is -3.50. The van der Waals surface area contributed by atoms with Crippen molar-refractivity contribution in [2.75, 3.05) is 0 Å². The average Bonchev–Trinajstić information content (AvgIpc) is 3.22. The standard InChI is InChI=1S/C28H22O3S/c1-18(28(29)30)32-17-19-12-14-20(15-13-19)21-6-4-7-22(16-21)23-9-5-10-25-24-8-2-3-11-26(24)31-27(23)25/h2-16,18H,17H2,1H3,(H,29,30). The summed E-state index contributed by atoms with van der Waals surface area (Å²) < 4.78 is 6.22. The van der Waals surface area contributed by atoms with Crippen molar-refractivity contribution in [3.8, 4) is 22.3 Å². The maximum atomic E-state index is 11.0. The van der Waals surface area contributed by atoms with Gasteiger partial charge in [0.1, 0.15) is 11.2 Å². The van der Waals surface area contributed by atoms with E-state index in [0.29, 0.717) is 5.75 Å². The second-order valence-electron chi connectivity index (χ2n) is 7.85. The number of hydrogen-bond donors (Lipinski definition) is 1. The number of furan rings is 1. The minimum atomic E-state index is -0.775. The SMILES string of the molecule is CC(SCc1ccc(-c2cccc(-c3cccc4c3oc3ccccc34)c2)cc1)C(=O)O. The highest BCUT2D eigenvalue weighted by atomic mass is 32.2. The van der Waals surface area contributed by atoms with Gasteiger partial charge in [-0.25, -0.2) is 0 Å². The van der Waals surface area contributed by atoms with Crippen molar-refractivity contribution in [3.63, 3.8) is 0 Å². The molecule has 0 amide bonds. The quantitative estimate of drug-likeness (QED) is 0.296. The molecule has 0 saturated carbocycles. The Labute approximate surface area is 190 Å². The highest BCUT2D eigenvalue weighted by molar-refractivity contribution is 7.99. The fourth-order valence-electron chi connectivity index (χ4n) is 3.93. The van der Waals surface area contributed by atoms with Crippen molar-refractivity contribution < 1.29 is 14.3 Å². The highest BCUT2D eigenvalue weighted by Gasteiger charge is 2.13. The molecule has 1 unspecified atom stereocenters. The number of carboxylic acid groups (broad SMARTS) is 1. The summed E-state index contributed by atoms with van der Waals surface area (Å²) in [6.45, 7) is 1.72. The molecule has 0 aliphatic heterocycles. The summed E-state index contributed by atoms with van der Waals surface area (Å²) in [7, 11) is 0. The van der Waals surface area contributed by atoms with Crippen LogP contribution in [0.2, 0.25) is 0 Å². The van der Waals surface area contributed by atoms with Crippen molar-refractivity contribution in [2.45, 2.75) is 17.9 Å². The second-order valence-corrected chi connectivity index (χ2v) is 9.18. The lowest BCUT2D eigenvalue weighted by Crippen LogP contribution is -2.11. The van der Waals surface area contributed by atoms with E-state index in [0.717, 1.165) is 49.8 Å². The van der Waals surface area contributed by atoms with Gasteiger partial charge < -0.3 is 9.52 Å². The molecule has 0 saturated heterocycles. The number of aliphatic carboxylic acids is 1. The topological polar surface area (TPSA) is 50.4 Å². The van der Waals surface area contributed by atoms with Crippen LogP contribution in [0.4, 0.5) is 0 Å². The van der Waals surface area contributed by atoms with Crippen LogP contribution >= 0.6 is 11.8 Å². The first-order valence-electron chi connectivity index (χ1n) is 10.5. The average molecular weight is 439 g/mol. The number of benzene rings is 4. The van der Waals surface area contributed by atoms with Gasteiger partial charge in [-0.2, -0.15) is 0 Å². The van der Waals surface area contributed by atoms with Crippen molar-refractivity contribution in [1.82, 2.24) is 0 Å². The molecule has 1 atom stereocenters. The lowest BCUT2D eigenvalue weighted by molar-refractivity contribution is -0.136. The molecule has 0 bridgehead atoms. The lowest BCUT2D eigenvalue weighted by Gasteiger charge is -2.09. The molecule has 158 valence electrons. The van der Waals surface area contributed by atoms with Crippen molar-refractivity contribution in [1.29, 1.82) is 0 Å². The van der Waals surface area contributed by atoms with Crippen LogP contribution in [0.5, 0.6) is 0 Å². The molecule has 1 N–H and O–H groups in total. The van der Waals surface area contributed by atoms with Gasteiger partial charge in [0.2, 0.25) is 0 Å². The Morgan fingerprint density at radius 2 is 1.56 bits per heavy atom. The van der Waals surface area contributed by atoms with E-state index in [1.807, 2.05) is 18.2 Å². The first-order chi connectivity index (χ1) is 15.6. The van der Waals surface area contributed by atoms with E-state index >= 15 is 0 Å². The van der Waals surface area contributed by atoms with Crippen LogP contribution in [0, 0.1) is 0 Å². The molecule has 1 heterocycles. The van der Waals surface area contributed by atoms with Gasteiger partial charge in [-0.3, -0.25) is 4.79 Å². The van der Waals surface area contributed by atoms with E-state index in [1.54, 1.807) is 6.92 Å². The number of carbonyl (C=O) groups is 1. The number of fused-ring (bicyclic) bond motifs is 3. The highest BCUT2D eigenvalue weighted by Crippen LogP contribution is 2.36. The lowest BCUT2D eigenvalue weighted by atomic mass is 9.97.